The molecule has 1 aliphatic carbocycles. The van der Waals surface area contributed by atoms with Gasteiger partial charge in [0.15, 0.2) is 0 Å². The molecule has 2 aromatic rings. The summed E-state index contributed by atoms with van der Waals surface area (Å²) in [6.45, 7) is 4.11. The molecule has 2 bridgehead atoms. The van der Waals surface area contributed by atoms with Gasteiger partial charge in [0.1, 0.15) is 5.82 Å². The Kier molecular flexibility index (Phi) is 6.44. The van der Waals surface area contributed by atoms with Crippen molar-refractivity contribution < 1.29 is 9.18 Å². The van der Waals surface area contributed by atoms with Gasteiger partial charge in [-0.05, 0) is 79.8 Å². The lowest BCUT2D eigenvalue weighted by atomic mass is 9.99. The number of hydrogen-bond acceptors (Lipinski definition) is 3. The quantitative estimate of drug-likeness (QED) is 0.709. The molecular weight excluding hydrogens is 401 g/mol. The zero-order valence-electron chi connectivity index (χ0n) is 18.8. The van der Waals surface area contributed by atoms with Gasteiger partial charge in [0, 0.05) is 44.0 Å². The molecule has 0 aromatic heterocycles. The number of amides is 1. The van der Waals surface area contributed by atoms with E-state index in [0.29, 0.717) is 19.4 Å². The number of halogens is 1. The molecule has 2 unspecified atom stereocenters. The number of piperidine rings is 2. The molecule has 3 aliphatic rings. The van der Waals surface area contributed by atoms with E-state index < -0.39 is 0 Å². The van der Waals surface area contributed by atoms with Crippen LogP contribution >= 0.6 is 0 Å². The zero-order chi connectivity index (χ0) is 21.9. The molecular formula is C27H34FN3O. The molecule has 2 aromatic carbocycles. The van der Waals surface area contributed by atoms with E-state index in [0.717, 1.165) is 42.2 Å². The summed E-state index contributed by atoms with van der Waals surface area (Å²) in [6, 6.07) is 16.7. The number of hydrogen-bond donors (Lipinski definition) is 1. The first kappa shape index (κ1) is 21.4. The van der Waals surface area contributed by atoms with Gasteiger partial charge in [0.05, 0.1) is 6.42 Å². The highest BCUT2D eigenvalue weighted by molar-refractivity contribution is 5.78. The van der Waals surface area contributed by atoms with E-state index in [9.17, 15) is 9.18 Å². The van der Waals surface area contributed by atoms with Crippen LogP contribution in [0.4, 0.5) is 10.1 Å². The molecule has 170 valence electrons. The number of carbonyl (C=O) groups excluding carboxylic acids is 1. The first-order valence-electron chi connectivity index (χ1n) is 12.2. The lowest BCUT2D eigenvalue weighted by Gasteiger charge is -2.41. The Morgan fingerprint density at radius 1 is 0.969 bits per heavy atom. The number of nitrogens with one attached hydrogen (secondary N) is 1. The van der Waals surface area contributed by atoms with Crippen molar-refractivity contribution in [2.45, 2.75) is 57.0 Å². The van der Waals surface area contributed by atoms with Crippen LogP contribution in [-0.2, 0) is 17.6 Å². The van der Waals surface area contributed by atoms with Gasteiger partial charge in [-0.15, -0.1) is 0 Å². The van der Waals surface area contributed by atoms with Crippen molar-refractivity contribution in [2.75, 3.05) is 31.1 Å². The molecule has 5 rings (SSSR count). The highest BCUT2D eigenvalue weighted by Crippen LogP contribution is 2.40. The number of benzene rings is 2. The number of anilines is 1. The minimum Gasteiger partial charge on any atom is -0.371 e. The fraction of sp³-hybridized carbons (Fsp3) is 0.519. The minimum absolute atomic E-state index is 0.00915. The maximum absolute atomic E-state index is 13.2. The largest absolute Gasteiger partial charge is 0.371 e. The lowest BCUT2D eigenvalue weighted by Crippen LogP contribution is -2.47. The number of nitrogens with zero attached hydrogens (tertiary/aromatic N) is 2. The smallest absolute Gasteiger partial charge is 0.224 e. The van der Waals surface area contributed by atoms with Crippen molar-refractivity contribution in [3.05, 3.63) is 65.5 Å². The zero-order valence-corrected chi connectivity index (χ0v) is 18.8. The number of carbonyl (C=O) groups is 1. The molecule has 2 saturated heterocycles. The third kappa shape index (κ3) is 4.98. The molecule has 2 heterocycles. The summed E-state index contributed by atoms with van der Waals surface area (Å²) in [4.78, 5) is 17.6. The summed E-state index contributed by atoms with van der Waals surface area (Å²) in [5, 5.41) is 2.94. The second-order valence-electron chi connectivity index (χ2n) is 9.82. The standard InChI is InChI=1S/C27H34FN3O/c28-23-3-1-2-20(16-23)10-13-29-27(32)18-21-4-7-24(8-5-21)30-14-11-25(12-15-30)31-19-22-6-9-26(31)17-22/h1-5,7-8,16,22,25-26H,6,9-15,17-19H2,(H,29,32). The van der Waals surface area contributed by atoms with Crippen LogP contribution in [0.25, 0.3) is 0 Å². The summed E-state index contributed by atoms with van der Waals surface area (Å²) in [7, 11) is 0. The molecule has 3 fully saturated rings. The predicted molar refractivity (Wildman–Crippen MR) is 126 cm³/mol. The van der Waals surface area contributed by atoms with Crippen molar-refractivity contribution in [3.8, 4) is 0 Å². The van der Waals surface area contributed by atoms with Crippen molar-refractivity contribution in [2.24, 2.45) is 5.92 Å². The highest BCUT2D eigenvalue weighted by Gasteiger charge is 2.41. The summed E-state index contributed by atoms with van der Waals surface area (Å²) in [5.41, 5.74) is 3.19. The third-order valence-corrected chi connectivity index (χ3v) is 7.68. The SMILES string of the molecule is O=C(Cc1ccc(N2CCC(N3CC4CCC3C4)CC2)cc1)NCCc1cccc(F)c1. The van der Waals surface area contributed by atoms with Crippen molar-refractivity contribution >= 4 is 11.6 Å². The van der Waals surface area contributed by atoms with Gasteiger partial charge in [0.25, 0.3) is 0 Å². The monoisotopic (exact) mass is 435 g/mol. The Hall–Kier alpha value is -2.40. The Bertz CT molecular complexity index is 923. The second kappa shape index (κ2) is 9.62. The van der Waals surface area contributed by atoms with Gasteiger partial charge in [-0.3, -0.25) is 9.69 Å². The molecule has 1 saturated carbocycles. The van der Waals surface area contributed by atoms with E-state index in [4.69, 9.17) is 0 Å². The van der Waals surface area contributed by atoms with Gasteiger partial charge < -0.3 is 10.2 Å². The molecule has 2 atom stereocenters. The molecule has 0 spiro atoms. The van der Waals surface area contributed by atoms with Crippen molar-refractivity contribution in [1.82, 2.24) is 10.2 Å². The highest BCUT2D eigenvalue weighted by atomic mass is 19.1. The van der Waals surface area contributed by atoms with E-state index in [2.05, 4.69) is 39.4 Å². The summed E-state index contributed by atoms with van der Waals surface area (Å²) >= 11 is 0. The summed E-state index contributed by atoms with van der Waals surface area (Å²) < 4.78 is 13.2. The van der Waals surface area contributed by atoms with Gasteiger partial charge in [-0.1, -0.05) is 24.3 Å². The van der Waals surface area contributed by atoms with E-state index in [1.165, 1.54) is 56.5 Å². The number of fused-ring (bicyclic) bond motifs is 2. The molecule has 32 heavy (non-hydrogen) atoms. The van der Waals surface area contributed by atoms with Crippen molar-refractivity contribution in [1.29, 1.82) is 0 Å². The molecule has 4 nitrogen and oxygen atoms in total. The molecule has 5 heteroatoms. The van der Waals surface area contributed by atoms with Crippen LogP contribution < -0.4 is 10.2 Å². The Balaban J connectivity index is 1.06. The van der Waals surface area contributed by atoms with Crippen molar-refractivity contribution in [3.63, 3.8) is 0 Å². The first-order valence-corrected chi connectivity index (χ1v) is 12.2. The fourth-order valence-corrected chi connectivity index (χ4v) is 5.98. The van der Waals surface area contributed by atoms with E-state index in [1.807, 2.05) is 6.07 Å². The summed E-state index contributed by atoms with van der Waals surface area (Å²) in [6.07, 6.45) is 7.86. The van der Waals surface area contributed by atoms with Crippen LogP contribution in [0.2, 0.25) is 0 Å². The maximum atomic E-state index is 13.2. The third-order valence-electron chi connectivity index (χ3n) is 7.68. The van der Waals surface area contributed by atoms with Crippen LogP contribution in [0.15, 0.2) is 48.5 Å². The van der Waals surface area contributed by atoms with Crippen LogP contribution in [0.5, 0.6) is 0 Å². The predicted octanol–water partition coefficient (Wildman–Crippen LogP) is 4.18. The van der Waals surface area contributed by atoms with Gasteiger partial charge in [0.2, 0.25) is 5.91 Å². The molecule has 1 amide bonds. The number of rotatable bonds is 7. The van der Waals surface area contributed by atoms with E-state index in [-0.39, 0.29) is 11.7 Å². The van der Waals surface area contributed by atoms with Gasteiger partial charge in [-0.25, -0.2) is 4.39 Å². The van der Waals surface area contributed by atoms with Crippen LogP contribution in [0.1, 0.15) is 43.2 Å². The normalized spacial score (nSPS) is 23.6. The maximum Gasteiger partial charge on any atom is 0.224 e. The van der Waals surface area contributed by atoms with Crippen LogP contribution in [-0.4, -0.2) is 49.1 Å². The average molecular weight is 436 g/mol. The molecule has 2 aliphatic heterocycles. The molecule has 0 radical (unpaired) electrons. The Labute approximate surface area is 190 Å². The summed E-state index contributed by atoms with van der Waals surface area (Å²) in [5.74, 6) is 0.750. The van der Waals surface area contributed by atoms with Crippen LogP contribution in [0, 0.1) is 11.7 Å². The van der Waals surface area contributed by atoms with Gasteiger partial charge in [-0.2, -0.15) is 0 Å². The lowest BCUT2D eigenvalue weighted by molar-refractivity contribution is -0.120. The minimum atomic E-state index is -0.235. The van der Waals surface area contributed by atoms with E-state index in [1.54, 1.807) is 6.07 Å². The second-order valence-corrected chi connectivity index (χ2v) is 9.82. The Morgan fingerprint density at radius 3 is 2.47 bits per heavy atom. The van der Waals surface area contributed by atoms with E-state index >= 15 is 0 Å². The van der Waals surface area contributed by atoms with Gasteiger partial charge >= 0.3 is 0 Å². The van der Waals surface area contributed by atoms with Crippen LogP contribution in [0.3, 0.4) is 0 Å². The average Bonchev–Trinajstić information content (AvgIpc) is 3.44. The number of likely N-dealkylation sites (tertiary alicyclic amines) is 1. The fourth-order valence-electron chi connectivity index (χ4n) is 5.98. The molecule has 1 N–H and O–H groups in total. The topological polar surface area (TPSA) is 35.6 Å². The first-order chi connectivity index (χ1) is 15.6. The Morgan fingerprint density at radius 2 is 1.78 bits per heavy atom.